The van der Waals surface area contributed by atoms with Gasteiger partial charge in [-0.1, -0.05) is 60.7 Å². The van der Waals surface area contributed by atoms with E-state index in [9.17, 15) is 0 Å². The van der Waals surface area contributed by atoms with Crippen molar-refractivity contribution < 1.29 is 0 Å². The second-order valence-corrected chi connectivity index (χ2v) is 7.19. The number of anilines is 1. The van der Waals surface area contributed by atoms with Crippen molar-refractivity contribution in [1.82, 2.24) is 9.38 Å². The van der Waals surface area contributed by atoms with Gasteiger partial charge in [0.2, 0.25) is 0 Å². The number of imidazole rings is 1. The monoisotopic (exact) mass is 359 g/mol. The first-order valence-electron chi connectivity index (χ1n) is 8.41. The van der Waals surface area contributed by atoms with Crippen LogP contribution in [0.25, 0.3) is 16.9 Å². The first-order chi connectivity index (χ1) is 11.7. The average molecular weight is 360 g/mol. The Bertz CT molecular complexity index is 866. The molecule has 1 N–H and O–H groups in total. The lowest BCUT2D eigenvalue weighted by Gasteiger charge is -2.24. The number of halogens is 2. The van der Waals surface area contributed by atoms with Gasteiger partial charge in [0.25, 0.3) is 0 Å². The fourth-order valence-corrected chi connectivity index (χ4v) is 3.82. The third kappa shape index (κ3) is 2.99. The SMILES string of the molecule is Clc1ccc2nc(-c3ccccc3Cl)c(NC3CCCCC3)n2c1. The van der Waals surface area contributed by atoms with E-state index in [1.807, 2.05) is 47.0 Å². The molecule has 2 heterocycles. The first-order valence-corrected chi connectivity index (χ1v) is 9.17. The van der Waals surface area contributed by atoms with Gasteiger partial charge in [-0.2, -0.15) is 0 Å². The summed E-state index contributed by atoms with van der Waals surface area (Å²) in [6.07, 6.45) is 8.17. The van der Waals surface area contributed by atoms with Crippen LogP contribution in [0.4, 0.5) is 5.82 Å². The maximum atomic E-state index is 6.43. The van der Waals surface area contributed by atoms with E-state index in [0.29, 0.717) is 16.1 Å². The molecular weight excluding hydrogens is 341 g/mol. The molecule has 1 fully saturated rings. The normalized spacial score (nSPS) is 15.8. The molecule has 0 aliphatic heterocycles. The van der Waals surface area contributed by atoms with E-state index in [1.54, 1.807) is 0 Å². The van der Waals surface area contributed by atoms with E-state index in [1.165, 1.54) is 32.1 Å². The van der Waals surface area contributed by atoms with Gasteiger partial charge in [0.05, 0.1) is 10.0 Å². The fraction of sp³-hybridized carbons (Fsp3) is 0.316. The lowest BCUT2D eigenvalue weighted by molar-refractivity contribution is 0.462. The predicted octanol–water partition coefficient (Wildman–Crippen LogP) is 6.05. The van der Waals surface area contributed by atoms with Gasteiger partial charge in [0.15, 0.2) is 0 Å². The van der Waals surface area contributed by atoms with Crippen molar-refractivity contribution in [1.29, 1.82) is 0 Å². The van der Waals surface area contributed by atoms with E-state index in [0.717, 1.165) is 22.7 Å². The third-order valence-electron chi connectivity index (χ3n) is 4.66. The molecule has 0 spiro atoms. The zero-order chi connectivity index (χ0) is 16.5. The maximum absolute atomic E-state index is 6.43. The molecule has 0 amide bonds. The van der Waals surface area contributed by atoms with Crippen LogP contribution in [-0.4, -0.2) is 15.4 Å². The lowest BCUT2D eigenvalue weighted by atomic mass is 9.95. The molecule has 2 aromatic heterocycles. The summed E-state index contributed by atoms with van der Waals surface area (Å²) in [5, 5.41) is 5.11. The molecule has 1 aromatic carbocycles. The van der Waals surface area contributed by atoms with Crippen LogP contribution in [0, 0.1) is 0 Å². The average Bonchev–Trinajstić information content (AvgIpc) is 2.94. The molecule has 0 atom stereocenters. The van der Waals surface area contributed by atoms with Gasteiger partial charge in [0, 0.05) is 17.8 Å². The molecule has 0 bridgehead atoms. The summed E-state index contributed by atoms with van der Waals surface area (Å²) in [5.41, 5.74) is 2.69. The molecular formula is C19H19Cl2N3. The molecule has 1 aliphatic carbocycles. The predicted molar refractivity (Wildman–Crippen MR) is 101 cm³/mol. The van der Waals surface area contributed by atoms with Gasteiger partial charge in [-0.15, -0.1) is 0 Å². The highest BCUT2D eigenvalue weighted by Gasteiger charge is 2.20. The maximum Gasteiger partial charge on any atom is 0.139 e. The van der Waals surface area contributed by atoms with Crippen molar-refractivity contribution >= 4 is 34.7 Å². The second-order valence-electron chi connectivity index (χ2n) is 6.34. The van der Waals surface area contributed by atoms with E-state index < -0.39 is 0 Å². The van der Waals surface area contributed by atoms with Crippen molar-refractivity contribution in [3.8, 4) is 11.3 Å². The number of pyridine rings is 1. The Balaban J connectivity index is 1.85. The standard InChI is InChI=1S/C19H19Cl2N3/c20-13-10-11-17-23-18(15-8-4-5-9-16(15)21)19(24(17)12-13)22-14-6-2-1-3-7-14/h4-5,8-12,14,22H,1-3,6-7H2. The Labute approximate surface area is 151 Å². The van der Waals surface area contributed by atoms with Crippen molar-refractivity contribution in [3.63, 3.8) is 0 Å². The Kier molecular flexibility index (Phi) is 4.38. The zero-order valence-electron chi connectivity index (χ0n) is 13.3. The van der Waals surface area contributed by atoms with Gasteiger partial charge >= 0.3 is 0 Å². The largest absolute Gasteiger partial charge is 0.367 e. The first kappa shape index (κ1) is 15.8. The van der Waals surface area contributed by atoms with Crippen LogP contribution in [0.15, 0.2) is 42.6 Å². The summed E-state index contributed by atoms with van der Waals surface area (Å²) in [5.74, 6) is 0.979. The van der Waals surface area contributed by atoms with E-state index >= 15 is 0 Å². The molecule has 4 rings (SSSR count). The van der Waals surface area contributed by atoms with Gasteiger partial charge in [-0.05, 0) is 31.0 Å². The van der Waals surface area contributed by atoms with Gasteiger partial charge in [-0.3, -0.25) is 4.40 Å². The van der Waals surface area contributed by atoms with Crippen LogP contribution in [0.1, 0.15) is 32.1 Å². The number of fused-ring (bicyclic) bond motifs is 1. The van der Waals surface area contributed by atoms with Gasteiger partial charge < -0.3 is 5.32 Å². The number of rotatable bonds is 3. The minimum absolute atomic E-state index is 0.471. The fourth-order valence-electron chi connectivity index (χ4n) is 3.44. The van der Waals surface area contributed by atoms with E-state index in [2.05, 4.69) is 5.32 Å². The van der Waals surface area contributed by atoms with E-state index in [-0.39, 0.29) is 0 Å². The molecule has 3 nitrogen and oxygen atoms in total. The quantitative estimate of drug-likeness (QED) is 0.616. The van der Waals surface area contributed by atoms with Crippen molar-refractivity contribution in [2.75, 3.05) is 5.32 Å². The van der Waals surface area contributed by atoms with Crippen LogP contribution in [0.3, 0.4) is 0 Å². The highest BCUT2D eigenvalue weighted by atomic mass is 35.5. The summed E-state index contributed by atoms with van der Waals surface area (Å²) in [7, 11) is 0. The number of hydrogen-bond donors (Lipinski definition) is 1. The third-order valence-corrected chi connectivity index (χ3v) is 5.21. The summed E-state index contributed by atoms with van der Waals surface area (Å²) < 4.78 is 2.04. The highest BCUT2D eigenvalue weighted by molar-refractivity contribution is 6.33. The smallest absolute Gasteiger partial charge is 0.139 e. The Morgan fingerprint density at radius 3 is 2.58 bits per heavy atom. The molecule has 0 unspecified atom stereocenters. The highest BCUT2D eigenvalue weighted by Crippen LogP contribution is 2.35. The van der Waals surface area contributed by atoms with Gasteiger partial charge in [-0.25, -0.2) is 4.98 Å². The lowest BCUT2D eigenvalue weighted by Crippen LogP contribution is -2.23. The molecule has 0 radical (unpaired) electrons. The van der Waals surface area contributed by atoms with Gasteiger partial charge in [0.1, 0.15) is 17.2 Å². The number of nitrogens with one attached hydrogen (secondary N) is 1. The Morgan fingerprint density at radius 1 is 1.00 bits per heavy atom. The molecule has 1 saturated carbocycles. The van der Waals surface area contributed by atoms with Crippen LogP contribution in [-0.2, 0) is 0 Å². The number of benzene rings is 1. The van der Waals surface area contributed by atoms with Crippen molar-refractivity contribution in [2.45, 2.75) is 38.1 Å². The second kappa shape index (κ2) is 6.66. The molecule has 1 aliphatic rings. The number of aromatic nitrogens is 2. The Hall–Kier alpha value is -1.71. The molecule has 5 heteroatoms. The number of hydrogen-bond acceptors (Lipinski definition) is 2. The summed E-state index contributed by atoms with van der Waals surface area (Å²) in [6.45, 7) is 0. The summed E-state index contributed by atoms with van der Waals surface area (Å²) >= 11 is 12.6. The van der Waals surface area contributed by atoms with Crippen molar-refractivity contribution in [3.05, 3.63) is 52.6 Å². The minimum atomic E-state index is 0.471. The Morgan fingerprint density at radius 2 is 1.79 bits per heavy atom. The van der Waals surface area contributed by atoms with E-state index in [4.69, 9.17) is 28.2 Å². The molecule has 124 valence electrons. The van der Waals surface area contributed by atoms with Crippen molar-refractivity contribution in [2.24, 2.45) is 0 Å². The molecule has 0 saturated heterocycles. The molecule has 3 aromatic rings. The molecule has 24 heavy (non-hydrogen) atoms. The van der Waals surface area contributed by atoms with Crippen LogP contribution >= 0.6 is 23.2 Å². The van der Waals surface area contributed by atoms with Crippen LogP contribution in [0.5, 0.6) is 0 Å². The topological polar surface area (TPSA) is 29.3 Å². The minimum Gasteiger partial charge on any atom is -0.367 e. The zero-order valence-corrected chi connectivity index (χ0v) is 14.8. The van der Waals surface area contributed by atoms with Crippen LogP contribution < -0.4 is 5.32 Å². The number of nitrogens with zero attached hydrogens (tertiary/aromatic N) is 2. The summed E-state index contributed by atoms with van der Waals surface area (Å²) in [4.78, 5) is 4.81. The summed E-state index contributed by atoms with van der Waals surface area (Å²) in [6, 6.07) is 12.1. The van der Waals surface area contributed by atoms with Crippen LogP contribution in [0.2, 0.25) is 10.0 Å².